The van der Waals surface area contributed by atoms with Gasteiger partial charge in [0.2, 0.25) is 0 Å². The fourth-order valence-corrected chi connectivity index (χ4v) is 1.12. The first-order valence-electron chi connectivity index (χ1n) is 4.59. The molecule has 2 heteroatoms. The molecule has 1 unspecified atom stereocenters. The molecule has 0 aromatic heterocycles. The first kappa shape index (κ1) is 10.1. The largest absolute Gasteiger partial charge is 0.392 e. The van der Waals surface area contributed by atoms with Crippen molar-refractivity contribution in [3.63, 3.8) is 0 Å². The van der Waals surface area contributed by atoms with Gasteiger partial charge in [0.25, 0.3) is 0 Å². The molecule has 1 aromatic rings. The average Bonchev–Trinajstić information content (AvgIpc) is 2.07. The van der Waals surface area contributed by atoms with Gasteiger partial charge < -0.3 is 10.4 Å². The average molecular weight is 179 g/mol. The lowest BCUT2D eigenvalue weighted by Crippen LogP contribution is -2.15. The van der Waals surface area contributed by atoms with Gasteiger partial charge in [-0.15, -0.1) is 0 Å². The highest BCUT2D eigenvalue weighted by molar-refractivity contribution is 5.48. The van der Waals surface area contributed by atoms with E-state index in [9.17, 15) is 0 Å². The second-order valence-electron chi connectivity index (χ2n) is 3.53. The summed E-state index contributed by atoms with van der Waals surface area (Å²) in [6.07, 6.45) is -0.304. The van der Waals surface area contributed by atoms with Crippen LogP contribution >= 0.6 is 0 Å². The van der Waals surface area contributed by atoms with Crippen LogP contribution in [-0.4, -0.2) is 17.8 Å². The molecule has 2 nitrogen and oxygen atoms in total. The van der Waals surface area contributed by atoms with Crippen LogP contribution in [0.15, 0.2) is 18.2 Å². The molecule has 0 aliphatic heterocycles. The SMILES string of the molecule is Cc1ccc(NCC(C)O)cc1C. The predicted molar refractivity (Wildman–Crippen MR) is 56.1 cm³/mol. The lowest BCUT2D eigenvalue weighted by molar-refractivity contribution is 0.208. The minimum Gasteiger partial charge on any atom is -0.392 e. The quantitative estimate of drug-likeness (QED) is 0.744. The number of anilines is 1. The van der Waals surface area contributed by atoms with E-state index in [1.807, 2.05) is 6.07 Å². The molecule has 72 valence electrons. The second kappa shape index (κ2) is 4.28. The first-order valence-corrected chi connectivity index (χ1v) is 4.59. The topological polar surface area (TPSA) is 32.3 Å². The molecule has 13 heavy (non-hydrogen) atoms. The van der Waals surface area contributed by atoms with Crippen molar-refractivity contribution in [2.75, 3.05) is 11.9 Å². The van der Waals surface area contributed by atoms with Gasteiger partial charge in [-0.3, -0.25) is 0 Å². The van der Waals surface area contributed by atoms with Crippen molar-refractivity contribution in [3.8, 4) is 0 Å². The van der Waals surface area contributed by atoms with Gasteiger partial charge >= 0.3 is 0 Å². The monoisotopic (exact) mass is 179 g/mol. The van der Waals surface area contributed by atoms with Crippen molar-refractivity contribution in [3.05, 3.63) is 29.3 Å². The zero-order valence-corrected chi connectivity index (χ0v) is 8.46. The van der Waals surface area contributed by atoms with Gasteiger partial charge in [0, 0.05) is 12.2 Å². The smallest absolute Gasteiger partial charge is 0.0684 e. The maximum atomic E-state index is 9.08. The third-order valence-electron chi connectivity index (χ3n) is 2.11. The Kier molecular flexibility index (Phi) is 3.32. The highest BCUT2D eigenvalue weighted by atomic mass is 16.3. The highest BCUT2D eigenvalue weighted by Gasteiger charge is 1.97. The van der Waals surface area contributed by atoms with Gasteiger partial charge in [0.05, 0.1) is 6.10 Å². The molecule has 0 spiro atoms. The van der Waals surface area contributed by atoms with Crippen molar-refractivity contribution in [2.24, 2.45) is 0 Å². The Morgan fingerprint density at radius 3 is 2.54 bits per heavy atom. The van der Waals surface area contributed by atoms with E-state index < -0.39 is 0 Å². The van der Waals surface area contributed by atoms with E-state index in [0.29, 0.717) is 6.54 Å². The molecule has 0 bridgehead atoms. The number of aliphatic hydroxyl groups is 1. The summed E-state index contributed by atoms with van der Waals surface area (Å²) in [5.74, 6) is 0. The zero-order chi connectivity index (χ0) is 9.84. The normalized spacial score (nSPS) is 12.6. The van der Waals surface area contributed by atoms with Crippen LogP contribution in [0.3, 0.4) is 0 Å². The Bertz CT molecular complexity index is 281. The summed E-state index contributed by atoms with van der Waals surface area (Å²) >= 11 is 0. The Morgan fingerprint density at radius 1 is 1.31 bits per heavy atom. The highest BCUT2D eigenvalue weighted by Crippen LogP contribution is 2.13. The molecule has 0 fully saturated rings. The van der Waals surface area contributed by atoms with Crippen molar-refractivity contribution in [1.29, 1.82) is 0 Å². The number of hydrogen-bond acceptors (Lipinski definition) is 2. The number of benzene rings is 1. The standard InChI is InChI=1S/C11H17NO/c1-8-4-5-11(6-9(8)2)12-7-10(3)13/h4-6,10,12-13H,7H2,1-3H3. The molecule has 2 N–H and O–H groups in total. The fourth-order valence-electron chi connectivity index (χ4n) is 1.12. The summed E-state index contributed by atoms with van der Waals surface area (Å²) in [4.78, 5) is 0. The van der Waals surface area contributed by atoms with Gasteiger partial charge in [-0.25, -0.2) is 0 Å². The molecule has 0 aliphatic carbocycles. The lowest BCUT2D eigenvalue weighted by Gasteiger charge is -2.09. The van der Waals surface area contributed by atoms with Crippen LogP contribution < -0.4 is 5.32 Å². The minimum atomic E-state index is -0.304. The molecule has 0 saturated carbocycles. The van der Waals surface area contributed by atoms with Gasteiger partial charge in [-0.1, -0.05) is 6.07 Å². The number of rotatable bonds is 3. The van der Waals surface area contributed by atoms with Crippen LogP contribution in [0.4, 0.5) is 5.69 Å². The summed E-state index contributed by atoms with van der Waals surface area (Å²) < 4.78 is 0. The van der Waals surface area contributed by atoms with Gasteiger partial charge in [0.1, 0.15) is 0 Å². The van der Waals surface area contributed by atoms with E-state index in [1.165, 1.54) is 11.1 Å². The van der Waals surface area contributed by atoms with E-state index in [0.717, 1.165) is 5.69 Å². The zero-order valence-electron chi connectivity index (χ0n) is 8.46. The third-order valence-corrected chi connectivity index (χ3v) is 2.11. The van der Waals surface area contributed by atoms with Crippen molar-refractivity contribution < 1.29 is 5.11 Å². The molecule has 0 amide bonds. The number of hydrogen-bond donors (Lipinski definition) is 2. The Labute approximate surface area is 79.6 Å². The van der Waals surface area contributed by atoms with Crippen LogP contribution in [0, 0.1) is 13.8 Å². The Hall–Kier alpha value is -1.02. The van der Waals surface area contributed by atoms with Crippen LogP contribution in [0.1, 0.15) is 18.1 Å². The van der Waals surface area contributed by atoms with Crippen LogP contribution in [-0.2, 0) is 0 Å². The predicted octanol–water partition coefficient (Wildman–Crippen LogP) is 2.10. The van der Waals surface area contributed by atoms with Crippen molar-refractivity contribution in [2.45, 2.75) is 26.9 Å². The van der Waals surface area contributed by atoms with Crippen LogP contribution in [0.2, 0.25) is 0 Å². The fraction of sp³-hybridized carbons (Fsp3) is 0.455. The maximum absolute atomic E-state index is 9.08. The summed E-state index contributed by atoms with van der Waals surface area (Å²) in [6.45, 7) is 6.55. The van der Waals surface area contributed by atoms with Gasteiger partial charge in [-0.05, 0) is 44.0 Å². The number of aryl methyl sites for hydroxylation is 2. The number of aliphatic hydroxyl groups excluding tert-OH is 1. The van der Waals surface area contributed by atoms with E-state index in [2.05, 4.69) is 31.3 Å². The molecule has 0 heterocycles. The lowest BCUT2D eigenvalue weighted by atomic mass is 10.1. The second-order valence-corrected chi connectivity index (χ2v) is 3.53. The molecule has 1 rings (SSSR count). The van der Waals surface area contributed by atoms with Gasteiger partial charge in [0.15, 0.2) is 0 Å². The Balaban J connectivity index is 2.63. The molecule has 0 saturated heterocycles. The van der Waals surface area contributed by atoms with Crippen molar-refractivity contribution >= 4 is 5.69 Å². The van der Waals surface area contributed by atoms with Crippen LogP contribution in [0.25, 0.3) is 0 Å². The first-order chi connectivity index (χ1) is 6.09. The molecular weight excluding hydrogens is 162 g/mol. The number of nitrogens with one attached hydrogen (secondary N) is 1. The van der Waals surface area contributed by atoms with Crippen LogP contribution in [0.5, 0.6) is 0 Å². The van der Waals surface area contributed by atoms with E-state index >= 15 is 0 Å². The third kappa shape index (κ3) is 3.07. The molecule has 1 atom stereocenters. The molecule has 1 aromatic carbocycles. The summed E-state index contributed by atoms with van der Waals surface area (Å²) in [6, 6.07) is 6.21. The molecular formula is C11H17NO. The molecule has 0 radical (unpaired) electrons. The minimum absolute atomic E-state index is 0.304. The van der Waals surface area contributed by atoms with E-state index in [4.69, 9.17) is 5.11 Å². The van der Waals surface area contributed by atoms with E-state index in [1.54, 1.807) is 6.92 Å². The van der Waals surface area contributed by atoms with E-state index in [-0.39, 0.29) is 6.10 Å². The Morgan fingerprint density at radius 2 is 2.00 bits per heavy atom. The van der Waals surface area contributed by atoms with Gasteiger partial charge in [-0.2, -0.15) is 0 Å². The summed E-state index contributed by atoms with van der Waals surface area (Å²) in [7, 11) is 0. The van der Waals surface area contributed by atoms with Crippen molar-refractivity contribution in [1.82, 2.24) is 0 Å². The summed E-state index contributed by atoms with van der Waals surface area (Å²) in [5.41, 5.74) is 3.64. The maximum Gasteiger partial charge on any atom is 0.0684 e. The summed E-state index contributed by atoms with van der Waals surface area (Å²) in [5, 5.41) is 12.2. The molecule has 0 aliphatic rings.